The molecule has 0 saturated carbocycles. The summed E-state index contributed by atoms with van der Waals surface area (Å²) < 4.78 is 0. The summed E-state index contributed by atoms with van der Waals surface area (Å²) >= 11 is 7.09. The summed E-state index contributed by atoms with van der Waals surface area (Å²) in [6.45, 7) is 1.53. The van der Waals surface area contributed by atoms with E-state index < -0.39 is 0 Å². The minimum Gasteiger partial charge on any atom is -0.298 e. The van der Waals surface area contributed by atoms with E-state index >= 15 is 0 Å². The summed E-state index contributed by atoms with van der Waals surface area (Å²) in [5.74, 6) is 6.54. The van der Waals surface area contributed by atoms with E-state index in [1.165, 1.54) is 18.7 Å². The molecule has 0 atom stereocenters. The average molecular weight is 267 g/mol. The topological polar surface area (TPSA) is 34.1 Å². The Balaban J connectivity index is 2.62. The molecule has 0 fully saturated rings. The molecule has 1 aromatic carbocycles. The van der Waals surface area contributed by atoms with Crippen molar-refractivity contribution >= 4 is 34.8 Å². The van der Waals surface area contributed by atoms with Gasteiger partial charge in [0.15, 0.2) is 5.12 Å². The molecule has 1 rings (SSSR count). The van der Waals surface area contributed by atoms with Crippen LogP contribution in [0, 0.1) is 11.8 Å². The highest BCUT2D eigenvalue weighted by Crippen LogP contribution is 2.13. The van der Waals surface area contributed by atoms with Crippen LogP contribution in [0.5, 0.6) is 0 Å². The van der Waals surface area contributed by atoms with Gasteiger partial charge in [-0.15, -0.1) is 0 Å². The van der Waals surface area contributed by atoms with Crippen molar-refractivity contribution in [3.05, 3.63) is 34.3 Å². The summed E-state index contributed by atoms with van der Waals surface area (Å²) in [6.07, 6.45) is 1.37. The second kappa shape index (κ2) is 7.16. The summed E-state index contributed by atoms with van der Waals surface area (Å²) in [6, 6.07) is 4.98. The van der Waals surface area contributed by atoms with Crippen molar-refractivity contribution in [1.82, 2.24) is 0 Å². The second-order valence-electron chi connectivity index (χ2n) is 3.28. The van der Waals surface area contributed by atoms with Crippen LogP contribution in [0.25, 0.3) is 0 Å². The second-order valence-corrected chi connectivity index (χ2v) is 4.99. The molecule has 0 bridgehead atoms. The number of rotatable bonds is 3. The van der Waals surface area contributed by atoms with Crippen LogP contribution in [0.15, 0.2) is 18.2 Å². The zero-order valence-electron chi connectivity index (χ0n) is 9.33. The average Bonchev–Trinajstić information content (AvgIpc) is 2.27. The Hall–Kier alpha value is -1.24. The van der Waals surface area contributed by atoms with E-state index in [0.29, 0.717) is 28.3 Å². The number of carbonyl (C=O) groups is 2. The lowest BCUT2D eigenvalue weighted by atomic mass is 10.1. The van der Waals surface area contributed by atoms with Crippen molar-refractivity contribution in [3.63, 3.8) is 0 Å². The maximum Gasteiger partial charge on any atom is 0.185 e. The summed E-state index contributed by atoms with van der Waals surface area (Å²) in [5, 5.41) is 0.592. The zero-order chi connectivity index (χ0) is 12.7. The van der Waals surface area contributed by atoms with Gasteiger partial charge < -0.3 is 0 Å². The van der Waals surface area contributed by atoms with Crippen molar-refractivity contribution in [2.75, 3.05) is 5.75 Å². The van der Waals surface area contributed by atoms with E-state index in [4.69, 9.17) is 11.6 Å². The van der Waals surface area contributed by atoms with E-state index in [1.54, 1.807) is 18.2 Å². The number of hydrogen-bond donors (Lipinski definition) is 0. The van der Waals surface area contributed by atoms with Gasteiger partial charge in [0.2, 0.25) is 0 Å². The number of aldehydes is 1. The Morgan fingerprint density at radius 3 is 2.88 bits per heavy atom. The molecule has 88 valence electrons. The molecule has 0 radical (unpaired) electrons. The third-order valence-electron chi connectivity index (χ3n) is 1.82. The zero-order valence-corrected chi connectivity index (χ0v) is 10.9. The molecular formula is C13H11ClO2S. The van der Waals surface area contributed by atoms with Gasteiger partial charge in [-0.2, -0.15) is 0 Å². The fraction of sp³-hybridized carbons (Fsp3) is 0.231. The predicted octanol–water partition coefficient (Wildman–Crippen LogP) is 3.17. The van der Waals surface area contributed by atoms with Crippen LogP contribution in [-0.2, 0) is 4.79 Å². The molecule has 0 aliphatic carbocycles. The highest BCUT2D eigenvalue weighted by molar-refractivity contribution is 8.13. The maximum absolute atomic E-state index is 10.7. The van der Waals surface area contributed by atoms with Crippen LogP contribution in [0.3, 0.4) is 0 Å². The van der Waals surface area contributed by atoms with Crippen LogP contribution < -0.4 is 0 Å². The Labute approximate surface area is 110 Å². The number of benzene rings is 1. The van der Waals surface area contributed by atoms with Crippen LogP contribution in [-0.4, -0.2) is 17.2 Å². The van der Waals surface area contributed by atoms with Gasteiger partial charge in [-0.25, -0.2) is 0 Å². The van der Waals surface area contributed by atoms with Gasteiger partial charge in [0.05, 0.1) is 0 Å². The molecule has 2 nitrogen and oxygen atoms in total. The van der Waals surface area contributed by atoms with E-state index in [2.05, 4.69) is 11.8 Å². The minimum absolute atomic E-state index is 0.0952. The molecule has 0 saturated heterocycles. The highest BCUT2D eigenvalue weighted by atomic mass is 35.5. The normalized spacial score (nSPS) is 9.29. The molecule has 0 aromatic heterocycles. The Morgan fingerprint density at radius 2 is 2.24 bits per heavy atom. The van der Waals surface area contributed by atoms with Crippen LogP contribution >= 0.6 is 23.4 Å². The number of hydrogen-bond acceptors (Lipinski definition) is 3. The van der Waals surface area contributed by atoms with Crippen molar-refractivity contribution in [1.29, 1.82) is 0 Å². The smallest absolute Gasteiger partial charge is 0.185 e. The van der Waals surface area contributed by atoms with Crippen LogP contribution in [0.4, 0.5) is 0 Å². The molecule has 0 unspecified atom stereocenters. The molecule has 0 spiro atoms. The fourth-order valence-corrected chi connectivity index (χ4v) is 1.90. The summed E-state index contributed by atoms with van der Waals surface area (Å²) in [4.78, 5) is 21.3. The standard InChI is InChI=1S/C13H11ClO2S/c1-10(16)17-5-3-2-4-11-6-12(9-15)8-13(14)7-11/h6-9H,3,5H2,1H3. The first-order valence-electron chi connectivity index (χ1n) is 5.00. The van der Waals surface area contributed by atoms with Crippen LogP contribution in [0.2, 0.25) is 5.02 Å². The van der Waals surface area contributed by atoms with Crippen molar-refractivity contribution < 1.29 is 9.59 Å². The van der Waals surface area contributed by atoms with E-state index in [-0.39, 0.29) is 5.12 Å². The molecule has 0 amide bonds. The summed E-state index contributed by atoms with van der Waals surface area (Å²) in [7, 11) is 0. The van der Waals surface area contributed by atoms with Crippen LogP contribution in [0.1, 0.15) is 29.3 Å². The Bertz CT molecular complexity index is 486. The van der Waals surface area contributed by atoms with E-state index in [0.717, 1.165) is 6.29 Å². The molecule has 0 aliphatic heterocycles. The highest BCUT2D eigenvalue weighted by Gasteiger charge is 1.96. The van der Waals surface area contributed by atoms with Crippen molar-refractivity contribution in [2.45, 2.75) is 13.3 Å². The number of carbonyl (C=O) groups excluding carboxylic acids is 2. The van der Waals surface area contributed by atoms with Gasteiger partial charge in [0, 0.05) is 35.2 Å². The molecule has 0 N–H and O–H groups in total. The molecule has 0 heterocycles. The monoisotopic (exact) mass is 266 g/mol. The lowest BCUT2D eigenvalue weighted by molar-refractivity contribution is -0.109. The van der Waals surface area contributed by atoms with Gasteiger partial charge in [0.25, 0.3) is 0 Å². The molecule has 1 aromatic rings. The molecular weight excluding hydrogens is 256 g/mol. The molecule has 4 heteroatoms. The lowest BCUT2D eigenvalue weighted by Gasteiger charge is -1.95. The predicted molar refractivity (Wildman–Crippen MR) is 71.5 cm³/mol. The first-order chi connectivity index (χ1) is 8.11. The molecule has 17 heavy (non-hydrogen) atoms. The summed E-state index contributed by atoms with van der Waals surface area (Å²) in [5.41, 5.74) is 1.23. The third kappa shape index (κ3) is 5.58. The van der Waals surface area contributed by atoms with Gasteiger partial charge in [-0.3, -0.25) is 9.59 Å². The first kappa shape index (κ1) is 13.8. The molecule has 0 aliphatic rings. The van der Waals surface area contributed by atoms with Gasteiger partial charge in [-0.05, 0) is 18.2 Å². The van der Waals surface area contributed by atoms with Gasteiger partial charge in [-0.1, -0.05) is 35.2 Å². The maximum atomic E-state index is 10.7. The fourth-order valence-electron chi connectivity index (χ4n) is 1.16. The first-order valence-corrected chi connectivity index (χ1v) is 6.36. The van der Waals surface area contributed by atoms with E-state index in [9.17, 15) is 9.59 Å². The van der Waals surface area contributed by atoms with Crippen molar-refractivity contribution in [2.24, 2.45) is 0 Å². The van der Waals surface area contributed by atoms with Crippen molar-refractivity contribution in [3.8, 4) is 11.8 Å². The quantitative estimate of drug-likeness (QED) is 0.479. The van der Waals surface area contributed by atoms with Gasteiger partial charge in [0.1, 0.15) is 6.29 Å². The number of thioether (sulfide) groups is 1. The Kier molecular flexibility index (Phi) is 5.82. The third-order valence-corrected chi connectivity index (χ3v) is 2.85. The minimum atomic E-state index is 0.0952. The SMILES string of the molecule is CC(=O)SCCC#Cc1cc(Cl)cc(C=O)c1. The Morgan fingerprint density at radius 1 is 1.47 bits per heavy atom. The van der Waals surface area contributed by atoms with E-state index in [1.807, 2.05) is 0 Å². The largest absolute Gasteiger partial charge is 0.298 e. The number of halogens is 1. The van der Waals surface area contributed by atoms with Gasteiger partial charge >= 0.3 is 0 Å². The lowest BCUT2D eigenvalue weighted by Crippen LogP contribution is -1.85.